The standard InChI is InChI=1S/C20H13ClN2O4/c21-14-8-13-2-1-7-22-20(13)16(9-14)23-18(24)11-26-15-5-3-12-4-6-19(25)27-17(12)10-15/h1-10H,11H2,(H,23,24). The van der Waals surface area contributed by atoms with Crippen molar-refractivity contribution in [2.24, 2.45) is 0 Å². The van der Waals surface area contributed by atoms with Gasteiger partial charge in [0.1, 0.15) is 11.3 Å². The lowest BCUT2D eigenvalue weighted by molar-refractivity contribution is -0.118. The molecule has 0 bridgehead atoms. The van der Waals surface area contributed by atoms with Crippen LogP contribution >= 0.6 is 11.6 Å². The number of nitrogens with zero attached hydrogens (tertiary/aromatic N) is 1. The zero-order valence-corrected chi connectivity index (χ0v) is 14.7. The Hall–Kier alpha value is -3.38. The van der Waals surface area contributed by atoms with Crippen LogP contribution in [0, 0.1) is 0 Å². The second-order valence-corrected chi connectivity index (χ2v) is 6.26. The van der Waals surface area contributed by atoms with Gasteiger partial charge in [-0.25, -0.2) is 4.79 Å². The molecule has 0 aliphatic carbocycles. The minimum atomic E-state index is -0.447. The Kier molecular flexibility index (Phi) is 4.48. The fourth-order valence-electron chi connectivity index (χ4n) is 2.72. The maximum Gasteiger partial charge on any atom is 0.336 e. The van der Waals surface area contributed by atoms with Crippen LogP contribution in [-0.2, 0) is 4.79 Å². The fraction of sp³-hybridized carbons (Fsp3) is 0.0500. The minimum absolute atomic E-state index is 0.219. The summed E-state index contributed by atoms with van der Waals surface area (Å²) in [4.78, 5) is 27.9. The minimum Gasteiger partial charge on any atom is -0.484 e. The molecule has 6 nitrogen and oxygen atoms in total. The van der Waals surface area contributed by atoms with Gasteiger partial charge in [-0.05, 0) is 36.4 Å². The van der Waals surface area contributed by atoms with Crippen LogP contribution in [0.3, 0.4) is 0 Å². The second kappa shape index (κ2) is 7.09. The number of rotatable bonds is 4. The first-order valence-corrected chi connectivity index (χ1v) is 8.47. The summed E-state index contributed by atoms with van der Waals surface area (Å²) in [7, 11) is 0. The molecule has 134 valence electrons. The predicted molar refractivity (Wildman–Crippen MR) is 103 cm³/mol. The number of carbonyl (C=O) groups excluding carboxylic acids is 1. The molecule has 7 heteroatoms. The van der Waals surface area contributed by atoms with Crippen LogP contribution in [0.15, 0.2) is 70.0 Å². The molecule has 1 N–H and O–H groups in total. The van der Waals surface area contributed by atoms with Crippen LogP contribution in [0.2, 0.25) is 5.02 Å². The summed E-state index contributed by atoms with van der Waals surface area (Å²) in [6.45, 7) is -0.219. The molecule has 0 aliphatic rings. The van der Waals surface area contributed by atoms with Gasteiger partial charge in [-0.1, -0.05) is 17.7 Å². The van der Waals surface area contributed by atoms with Gasteiger partial charge in [-0.2, -0.15) is 0 Å². The third-order valence-electron chi connectivity index (χ3n) is 3.91. The van der Waals surface area contributed by atoms with Gasteiger partial charge in [0.2, 0.25) is 0 Å². The number of nitrogens with one attached hydrogen (secondary N) is 1. The van der Waals surface area contributed by atoms with Crippen molar-refractivity contribution >= 4 is 45.1 Å². The Morgan fingerprint density at radius 2 is 1.96 bits per heavy atom. The Morgan fingerprint density at radius 1 is 1.11 bits per heavy atom. The maximum absolute atomic E-state index is 12.3. The van der Waals surface area contributed by atoms with Crippen molar-refractivity contribution in [2.45, 2.75) is 0 Å². The highest BCUT2D eigenvalue weighted by molar-refractivity contribution is 6.32. The topological polar surface area (TPSA) is 81.4 Å². The van der Waals surface area contributed by atoms with E-state index in [1.54, 1.807) is 48.7 Å². The van der Waals surface area contributed by atoms with Crippen LogP contribution in [-0.4, -0.2) is 17.5 Å². The molecule has 0 saturated heterocycles. The van der Waals surface area contributed by atoms with E-state index in [-0.39, 0.29) is 12.5 Å². The number of halogens is 1. The summed E-state index contributed by atoms with van der Waals surface area (Å²) in [5.74, 6) is 0.0555. The zero-order valence-electron chi connectivity index (χ0n) is 13.9. The summed E-state index contributed by atoms with van der Waals surface area (Å²) in [5.41, 5.74) is 1.10. The van der Waals surface area contributed by atoms with Gasteiger partial charge in [-0.3, -0.25) is 9.78 Å². The maximum atomic E-state index is 12.3. The summed E-state index contributed by atoms with van der Waals surface area (Å²) in [6, 6.07) is 15.1. The number of pyridine rings is 1. The summed E-state index contributed by atoms with van der Waals surface area (Å²) < 4.78 is 10.6. The quantitative estimate of drug-likeness (QED) is 0.541. The molecule has 0 spiro atoms. The van der Waals surface area contributed by atoms with E-state index in [1.165, 1.54) is 6.07 Å². The van der Waals surface area contributed by atoms with Gasteiger partial charge in [0, 0.05) is 34.1 Å². The first-order valence-electron chi connectivity index (χ1n) is 8.09. The number of hydrogen-bond donors (Lipinski definition) is 1. The molecular weight excluding hydrogens is 368 g/mol. The molecule has 1 amide bonds. The van der Waals surface area contributed by atoms with E-state index in [9.17, 15) is 9.59 Å². The van der Waals surface area contributed by atoms with Gasteiger partial charge in [0.05, 0.1) is 11.2 Å². The van der Waals surface area contributed by atoms with E-state index >= 15 is 0 Å². The average Bonchev–Trinajstić information content (AvgIpc) is 2.66. The van der Waals surface area contributed by atoms with Crippen LogP contribution in [0.4, 0.5) is 5.69 Å². The van der Waals surface area contributed by atoms with Gasteiger partial charge in [-0.15, -0.1) is 0 Å². The van der Waals surface area contributed by atoms with Crippen molar-refractivity contribution in [3.05, 3.63) is 76.2 Å². The lowest BCUT2D eigenvalue weighted by atomic mass is 10.2. The van der Waals surface area contributed by atoms with E-state index in [4.69, 9.17) is 20.8 Å². The Balaban J connectivity index is 1.50. The number of amides is 1. The summed E-state index contributed by atoms with van der Waals surface area (Å²) >= 11 is 6.10. The molecular formula is C20H13ClN2O4. The molecule has 0 atom stereocenters. The summed E-state index contributed by atoms with van der Waals surface area (Å²) in [5, 5.41) is 4.85. The lowest BCUT2D eigenvalue weighted by Crippen LogP contribution is -2.20. The molecule has 2 heterocycles. The van der Waals surface area contributed by atoms with Gasteiger partial charge < -0.3 is 14.5 Å². The molecule has 4 rings (SSSR count). The first kappa shape index (κ1) is 17.1. The number of anilines is 1. The normalized spacial score (nSPS) is 10.9. The van der Waals surface area contributed by atoms with Crippen molar-refractivity contribution in [3.63, 3.8) is 0 Å². The lowest BCUT2D eigenvalue weighted by Gasteiger charge is -2.10. The third-order valence-corrected chi connectivity index (χ3v) is 4.13. The molecule has 0 saturated carbocycles. The molecule has 4 aromatic rings. The molecule has 0 radical (unpaired) electrons. The van der Waals surface area contributed by atoms with Crippen molar-refractivity contribution in [3.8, 4) is 5.75 Å². The second-order valence-electron chi connectivity index (χ2n) is 5.82. The fourth-order valence-corrected chi connectivity index (χ4v) is 2.94. The number of carbonyl (C=O) groups is 1. The molecule has 0 unspecified atom stereocenters. The first-order chi connectivity index (χ1) is 13.1. The number of benzene rings is 2. The third kappa shape index (κ3) is 3.75. The monoisotopic (exact) mass is 380 g/mol. The largest absolute Gasteiger partial charge is 0.484 e. The van der Waals surface area contributed by atoms with Gasteiger partial charge in [0.25, 0.3) is 5.91 Å². The number of hydrogen-bond acceptors (Lipinski definition) is 5. The van der Waals surface area contributed by atoms with Crippen LogP contribution in [0.5, 0.6) is 5.75 Å². The van der Waals surface area contributed by atoms with E-state index in [0.717, 1.165) is 10.8 Å². The molecule has 0 aliphatic heterocycles. The van der Waals surface area contributed by atoms with Crippen LogP contribution < -0.4 is 15.7 Å². The van der Waals surface area contributed by atoms with E-state index in [2.05, 4.69) is 10.3 Å². The molecule has 2 aromatic heterocycles. The van der Waals surface area contributed by atoms with Crippen molar-refractivity contribution in [1.29, 1.82) is 0 Å². The highest BCUT2D eigenvalue weighted by Crippen LogP contribution is 2.26. The Bertz CT molecular complexity index is 1220. The van der Waals surface area contributed by atoms with E-state index in [1.807, 2.05) is 6.07 Å². The highest BCUT2D eigenvalue weighted by Gasteiger charge is 2.10. The predicted octanol–water partition coefficient (Wildman–Crippen LogP) is 4.01. The van der Waals surface area contributed by atoms with Crippen LogP contribution in [0.25, 0.3) is 21.9 Å². The molecule has 27 heavy (non-hydrogen) atoms. The van der Waals surface area contributed by atoms with Crippen molar-refractivity contribution in [2.75, 3.05) is 11.9 Å². The van der Waals surface area contributed by atoms with E-state index in [0.29, 0.717) is 27.6 Å². The van der Waals surface area contributed by atoms with Gasteiger partial charge >= 0.3 is 5.63 Å². The number of fused-ring (bicyclic) bond motifs is 2. The summed E-state index contributed by atoms with van der Waals surface area (Å²) in [6.07, 6.45) is 1.64. The van der Waals surface area contributed by atoms with Gasteiger partial charge in [0.15, 0.2) is 6.61 Å². The van der Waals surface area contributed by atoms with Crippen LogP contribution in [0.1, 0.15) is 0 Å². The molecule has 0 fully saturated rings. The van der Waals surface area contributed by atoms with Crippen molar-refractivity contribution < 1.29 is 13.9 Å². The van der Waals surface area contributed by atoms with Crippen molar-refractivity contribution in [1.82, 2.24) is 4.98 Å². The van der Waals surface area contributed by atoms with E-state index < -0.39 is 5.63 Å². The Morgan fingerprint density at radius 3 is 2.85 bits per heavy atom. The number of ether oxygens (including phenoxy) is 1. The average molecular weight is 381 g/mol. The SMILES string of the molecule is O=C(COc1ccc2ccc(=O)oc2c1)Nc1cc(Cl)cc2cccnc12. The molecule has 2 aromatic carbocycles. The number of aromatic nitrogens is 1. The highest BCUT2D eigenvalue weighted by atomic mass is 35.5. The Labute approximate surface area is 158 Å². The zero-order chi connectivity index (χ0) is 18.8. The smallest absolute Gasteiger partial charge is 0.336 e.